The number of aromatic nitrogens is 3. The summed E-state index contributed by atoms with van der Waals surface area (Å²) in [7, 11) is 0. The van der Waals surface area contributed by atoms with Crippen LogP contribution < -0.4 is 11.1 Å². The predicted octanol–water partition coefficient (Wildman–Crippen LogP) is 1.31. The fourth-order valence-electron chi connectivity index (χ4n) is 2.28. The summed E-state index contributed by atoms with van der Waals surface area (Å²) in [6.07, 6.45) is 4.65. The zero-order chi connectivity index (χ0) is 15.2. The number of guanidine groups is 1. The van der Waals surface area contributed by atoms with Gasteiger partial charge < -0.3 is 20.2 Å². The van der Waals surface area contributed by atoms with Crippen molar-refractivity contribution in [3.05, 3.63) is 24.2 Å². The number of furan rings is 1. The summed E-state index contributed by atoms with van der Waals surface area (Å²) in [5, 5.41) is 10.1. The van der Waals surface area contributed by atoms with Gasteiger partial charge in [0.15, 0.2) is 11.7 Å². The zero-order valence-electron chi connectivity index (χ0n) is 12.7. The first-order chi connectivity index (χ1) is 10.8. The van der Waals surface area contributed by atoms with E-state index in [-0.39, 0.29) is 30.1 Å². The zero-order valence-corrected chi connectivity index (χ0v) is 15.0. The largest absolute Gasteiger partial charge is 0.461 e. The molecule has 1 fully saturated rings. The second-order valence-corrected chi connectivity index (χ2v) is 5.12. The van der Waals surface area contributed by atoms with Gasteiger partial charge in [0, 0.05) is 19.6 Å². The molecule has 0 aromatic carbocycles. The molecule has 0 spiro atoms. The fourth-order valence-corrected chi connectivity index (χ4v) is 2.28. The van der Waals surface area contributed by atoms with Crippen LogP contribution in [-0.2, 0) is 11.2 Å². The molecule has 0 amide bonds. The molecule has 2 aromatic rings. The molecule has 8 nitrogen and oxygen atoms in total. The van der Waals surface area contributed by atoms with Crippen molar-refractivity contribution in [2.24, 2.45) is 10.7 Å². The number of rotatable bonds is 6. The summed E-state index contributed by atoms with van der Waals surface area (Å²) >= 11 is 0. The van der Waals surface area contributed by atoms with E-state index in [0.717, 1.165) is 25.3 Å². The molecule has 9 heteroatoms. The van der Waals surface area contributed by atoms with E-state index >= 15 is 0 Å². The first-order valence-corrected chi connectivity index (χ1v) is 7.42. The molecular weight excluding hydrogens is 411 g/mol. The number of halogens is 1. The first-order valence-electron chi connectivity index (χ1n) is 7.42. The number of nitrogens with two attached hydrogens (primary N) is 1. The highest BCUT2D eigenvalue weighted by atomic mass is 127. The highest BCUT2D eigenvalue weighted by molar-refractivity contribution is 14.0. The number of H-pyrrole nitrogens is 1. The Hall–Kier alpha value is -1.62. The van der Waals surface area contributed by atoms with E-state index in [1.807, 2.05) is 6.07 Å². The van der Waals surface area contributed by atoms with E-state index in [1.54, 1.807) is 12.3 Å². The van der Waals surface area contributed by atoms with Crippen LogP contribution in [0.15, 0.2) is 27.8 Å². The molecule has 1 saturated heterocycles. The second-order valence-electron chi connectivity index (χ2n) is 5.12. The number of ether oxygens (including phenoxy) is 1. The average Bonchev–Trinajstić information content (AvgIpc) is 3.26. The van der Waals surface area contributed by atoms with Gasteiger partial charge in [-0.3, -0.25) is 10.1 Å². The van der Waals surface area contributed by atoms with Crippen LogP contribution in [0.3, 0.4) is 0 Å². The predicted molar refractivity (Wildman–Crippen MR) is 96.7 cm³/mol. The van der Waals surface area contributed by atoms with Crippen molar-refractivity contribution >= 4 is 29.9 Å². The molecule has 0 saturated carbocycles. The Balaban J connectivity index is 0.00000192. The molecule has 1 unspecified atom stereocenters. The highest BCUT2D eigenvalue weighted by Gasteiger charge is 2.14. The molecular formula is C14H21IN6O2. The van der Waals surface area contributed by atoms with Crippen molar-refractivity contribution in [2.45, 2.75) is 25.4 Å². The normalized spacial score (nSPS) is 17.9. The van der Waals surface area contributed by atoms with Crippen LogP contribution in [0.5, 0.6) is 0 Å². The van der Waals surface area contributed by atoms with Crippen molar-refractivity contribution in [1.82, 2.24) is 20.5 Å². The second kappa shape index (κ2) is 8.87. The van der Waals surface area contributed by atoms with Gasteiger partial charge in [0.25, 0.3) is 0 Å². The van der Waals surface area contributed by atoms with Crippen LogP contribution in [0.25, 0.3) is 11.6 Å². The van der Waals surface area contributed by atoms with E-state index in [4.69, 9.17) is 14.9 Å². The van der Waals surface area contributed by atoms with Crippen LogP contribution in [0.2, 0.25) is 0 Å². The molecule has 4 N–H and O–H groups in total. The van der Waals surface area contributed by atoms with Gasteiger partial charge in [0.2, 0.25) is 5.82 Å². The number of aromatic amines is 1. The summed E-state index contributed by atoms with van der Waals surface area (Å²) in [6.45, 7) is 2.08. The molecule has 2 aromatic heterocycles. The van der Waals surface area contributed by atoms with Gasteiger partial charge in [-0.2, -0.15) is 5.10 Å². The van der Waals surface area contributed by atoms with Crippen LogP contribution in [-0.4, -0.2) is 46.9 Å². The molecule has 0 bridgehead atoms. The Morgan fingerprint density at radius 2 is 2.43 bits per heavy atom. The van der Waals surface area contributed by atoms with Crippen molar-refractivity contribution in [2.75, 3.05) is 19.7 Å². The van der Waals surface area contributed by atoms with Gasteiger partial charge in [0.05, 0.1) is 18.9 Å². The Kier molecular flexibility index (Phi) is 6.84. The standard InChI is InChI=1S/C14H20N6O2.HI/c15-14(17-9-10-3-1-7-21-10)16-6-5-12-18-13(20-19-12)11-4-2-8-22-11;/h2,4,8,10H,1,3,5-7,9H2,(H3,15,16,17)(H,18,19,20);1H. The molecule has 23 heavy (non-hydrogen) atoms. The van der Waals surface area contributed by atoms with Gasteiger partial charge in [-0.25, -0.2) is 4.98 Å². The summed E-state index contributed by atoms with van der Waals surface area (Å²) in [5.41, 5.74) is 5.82. The maximum absolute atomic E-state index is 5.82. The summed E-state index contributed by atoms with van der Waals surface area (Å²) < 4.78 is 10.7. The van der Waals surface area contributed by atoms with Gasteiger partial charge >= 0.3 is 0 Å². The van der Waals surface area contributed by atoms with Crippen LogP contribution >= 0.6 is 24.0 Å². The molecule has 3 heterocycles. The Morgan fingerprint density at radius 1 is 1.52 bits per heavy atom. The summed E-state index contributed by atoms with van der Waals surface area (Å²) in [4.78, 5) is 8.64. The minimum absolute atomic E-state index is 0. The molecule has 0 radical (unpaired) electrons. The topological polar surface area (TPSA) is 114 Å². The van der Waals surface area contributed by atoms with E-state index in [1.165, 1.54) is 0 Å². The molecule has 1 aliphatic heterocycles. The van der Waals surface area contributed by atoms with E-state index in [9.17, 15) is 0 Å². The lowest BCUT2D eigenvalue weighted by Gasteiger charge is -2.07. The fraction of sp³-hybridized carbons (Fsp3) is 0.500. The van der Waals surface area contributed by atoms with E-state index in [2.05, 4.69) is 25.5 Å². The number of hydrogen-bond donors (Lipinski definition) is 3. The Labute approximate surface area is 151 Å². The number of hydrogen-bond acceptors (Lipinski definition) is 5. The SMILES string of the molecule is I.NC(=NCC1CCCO1)NCCc1nc(-c2ccco2)n[nH]1. The lowest BCUT2D eigenvalue weighted by atomic mass is 10.2. The average molecular weight is 432 g/mol. The molecule has 3 rings (SSSR count). The van der Waals surface area contributed by atoms with Crippen LogP contribution in [0.4, 0.5) is 0 Å². The van der Waals surface area contributed by atoms with Crippen molar-refractivity contribution < 1.29 is 9.15 Å². The van der Waals surface area contributed by atoms with Crippen molar-refractivity contribution in [1.29, 1.82) is 0 Å². The quantitative estimate of drug-likeness (QED) is 0.360. The third-order valence-electron chi connectivity index (χ3n) is 3.43. The summed E-state index contributed by atoms with van der Waals surface area (Å²) in [5.74, 6) is 2.40. The Morgan fingerprint density at radius 3 is 3.17 bits per heavy atom. The maximum Gasteiger partial charge on any atom is 0.216 e. The molecule has 0 aliphatic carbocycles. The number of nitrogens with one attached hydrogen (secondary N) is 2. The maximum atomic E-state index is 5.82. The first kappa shape index (κ1) is 17.7. The van der Waals surface area contributed by atoms with Gasteiger partial charge in [-0.15, -0.1) is 24.0 Å². The van der Waals surface area contributed by atoms with Crippen molar-refractivity contribution in [3.63, 3.8) is 0 Å². The molecule has 1 aliphatic rings. The van der Waals surface area contributed by atoms with Crippen LogP contribution in [0, 0.1) is 0 Å². The summed E-state index contributed by atoms with van der Waals surface area (Å²) in [6, 6.07) is 3.62. The minimum atomic E-state index is 0. The lowest BCUT2D eigenvalue weighted by Crippen LogP contribution is -2.34. The smallest absolute Gasteiger partial charge is 0.216 e. The lowest BCUT2D eigenvalue weighted by molar-refractivity contribution is 0.118. The van der Waals surface area contributed by atoms with Gasteiger partial charge in [0.1, 0.15) is 5.82 Å². The molecule has 1 atom stereocenters. The minimum Gasteiger partial charge on any atom is -0.461 e. The third kappa shape index (κ3) is 5.20. The third-order valence-corrected chi connectivity index (χ3v) is 3.43. The monoisotopic (exact) mass is 432 g/mol. The number of nitrogens with zero attached hydrogens (tertiary/aromatic N) is 3. The van der Waals surface area contributed by atoms with Crippen LogP contribution in [0.1, 0.15) is 18.7 Å². The number of aliphatic imine (C=N–C) groups is 1. The van der Waals surface area contributed by atoms with Crippen molar-refractivity contribution in [3.8, 4) is 11.6 Å². The van der Waals surface area contributed by atoms with Gasteiger partial charge in [-0.05, 0) is 25.0 Å². The van der Waals surface area contributed by atoms with Gasteiger partial charge in [-0.1, -0.05) is 0 Å². The highest BCUT2D eigenvalue weighted by Crippen LogP contribution is 2.14. The Bertz CT molecular complexity index is 607. The van der Waals surface area contributed by atoms with E-state index < -0.39 is 0 Å². The van der Waals surface area contributed by atoms with E-state index in [0.29, 0.717) is 37.1 Å². The molecule has 126 valence electrons.